The number of ether oxygens (including phenoxy) is 1. The molecule has 1 amide bonds. The van der Waals surface area contributed by atoms with Crippen LogP contribution in [0.1, 0.15) is 49.4 Å². The average molecular weight is 353 g/mol. The van der Waals surface area contributed by atoms with Gasteiger partial charge in [0.1, 0.15) is 0 Å². The number of nitrogens with one attached hydrogen (secondary N) is 2. The number of fused-ring (bicyclic) bond motifs is 2. The highest BCUT2D eigenvalue weighted by Crippen LogP contribution is 2.32. The fourth-order valence-electron chi connectivity index (χ4n) is 3.75. The molecule has 1 aromatic rings. The number of halogens is 1. The zero-order valence-corrected chi connectivity index (χ0v) is 14.7. The van der Waals surface area contributed by atoms with Crippen molar-refractivity contribution in [3.63, 3.8) is 0 Å². The maximum Gasteiger partial charge on any atom is 0.338 e. The quantitative estimate of drug-likeness (QED) is 0.799. The van der Waals surface area contributed by atoms with Crippen LogP contribution in [0.25, 0.3) is 0 Å². The van der Waals surface area contributed by atoms with E-state index >= 15 is 0 Å². The molecule has 0 aromatic heterocycles. The third-order valence-corrected chi connectivity index (χ3v) is 4.70. The maximum atomic E-state index is 12.3. The molecule has 3 rings (SSSR count). The molecule has 2 atom stereocenters. The third kappa shape index (κ3) is 4.71. The van der Waals surface area contributed by atoms with E-state index in [1.54, 1.807) is 31.2 Å². The van der Waals surface area contributed by atoms with Crippen molar-refractivity contribution in [3.8, 4) is 0 Å². The number of hydrogen-bond donors (Lipinski definition) is 2. The molecule has 2 aliphatic rings. The molecule has 0 aliphatic carbocycles. The van der Waals surface area contributed by atoms with Gasteiger partial charge in [-0.15, -0.1) is 12.4 Å². The Bertz CT molecular complexity index is 581. The summed E-state index contributed by atoms with van der Waals surface area (Å²) in [5, 5.41) is 6.50. The molecule has 2 aliphatic heterocycles. The third-order valence-electron chi connectivity index (χ3n) is 4.70. The van der Waals surface area contributed by atoms with E-state index in [1.807, 2.05) is 0 Å². The van der Waals surface area contributed by atoms with Crippen molar-refractivity contribution in [3.05, 3.63) is 29.8 Å². The highest BCUT2D eigenvalue weighted by Gasteiger charge is 2.34. The van der Waals surface area contributed by atoms with Crippen LogP contribution in [0.2, 0.25) is 0 Å². The number of rotatable bonds is 5. The Balaban J connectivity index is 0.00000208. The molecule has 1 aromatic carbocycles. The standard InChI is InChI=1S/C18H24N2O3.ClH/c1-2-23-18(22)13-4-3-5-14(11-13)20-17(21)10-12-8-15-6-7-16(9-12)19-15;/h3-5,11-12,15-16,19H,2,6-10H2,1H3,(H,20,21);1H. The van der Waals surface area contributed by atoms with E-state index in [2.05, 4.69) is 10.6 Å². The predicted octanol–water partition coefficient (Wildman–Crippen LogP) is 3.14. The van der Waals surface area contributed by atoms with E-state index in [1.165, 1.54) is 12.8 Å². The maximum absolute atomic E-state index is 12.3. The van der Waals surface area contributed by atoms with E-state index in [0.717, 1.165) is 12.8 Å². The Morgan fingerprint density at radius 3 is 2.62 bits per heavy atom. The first-order chi connectivity index (χ1) is 11.1. The van der Waals surface area contributed by atoms with Crippen LogP contribution in [0.15, 0.2) is 24.3 Å². The molecular weight excluding hydrogens is 328 g/mol. The van der Waals surface area contributed by atoms with Crippen LogP contribution in [0.4, 0.5) is 5.69 Å². The monoisotopic (exact) mass is 352 g/mol. The van der Waals surface area contributed by atoms with Crippen molar-refractivity contribution in [2.24, 2.45) is 5.92 Å². The Labute approximate surface area is 148 Å². The van der Waals surface area contributed by atoms with Gasteiger partial charge in [-0.1, -0.05) is 6.07 Å². The van der Waals surface area contributed by atoms with Crippen molar-refractivity contribution < 1.29 is 14.3 Å². The molecule has 0 spiro atoms. The number of amides is 1. The first kappa shape index (κ1) is 18.7. The summed E-state index contributed by atoms with van der Waals surface area (Å²) in [6, 6.07) is 8.11. The SMILES string of the molecule is CCOC(=O)c1cccc(NC(=O)CC2CC3CCC(C2)N3)c1.Cl. The molecule has 5 nitrogen and oxygen atoms in total. The van der Waals surface area contributed by atoms with Gasteiger partial charge in [0.2, 0.25) is 5.91 Å². The lowest BCUT2D eigenvalue weighted by Gasteiger charge is -2.28. The molecular formula is C18H25ClN2O3. The Morgan fingerprint density at radius 1 is 1.25 bits per heavy atom. The Kier molecular flexibility index (Phi) is 6.63. The molecule has 6 heteroatoms. The highest BCUT2D eigenvalue weighted by atomic mass is 35.5. The average Bonchev–Trinajstić information content (AvgIpc) is 2.86. The van der Waals surface area contributed by atoms with E-state index in [-0.39, 0.29) is 24.3 Å². The minimum atomic E-state index is -0.362. The zero-order chi connectivity index (χ0) is 16.2. The number of hydrogen-bond acceptors (Lipinski definition) is 4. The van der Waals surface area contributed by atoms with Gasteiger partial charge in [0, 0.05) is 24.2 Å². The number of piperidine rings is 1. The molecule has 24 heavy (non-hydrogen) atoms. The number of benzene rings is 1. The molecule has 2 heterocycles. The summed E-state index contributed by atoms with van der Waals surface area (Å²) >= 11 is 0. The summed E-state index contributed by atoms with van der Waals surface area (Å²) in [6.07, 6.45) is 5.21. The molecule has 132 valence electrons. The fraction of sp³-hybridized carbons (Fsp3) is 0.556. The molecule has 2 N–H and O–H groups in total. The van der Waals surface area contributed by atoms with Crippen LogP contribution in [0.3, 0.4) is 0 Å². The second-order valence-electron chi connectivity index (χ2n) is 6.53. The molecule has 0 radical (unpaired) electrons. The lowest BCUT2D eigenvalue weighted by atomic mass is 9.89. The lowest BCUT2D eigenvalue weighted by molar-refractivity contribution is -0.117. The summed E-state index contributed by atoms with van der Waals surface area (Å²) in [7, 11) is 0. The molecule has 2 unspecified atom stereocenters. The number of esters is 1. The van der Waals surface area contributed by atoms with Crippen molar-refractivity contribution in [2.45, 2.75) is 51.1 Å². The van der Waals surface area contributed by atoms with Gasteiger partial charge in [-0.05, 0) is 56.7 Å². The largest absolute Gasteiger partial charge is 0.462 e. The molecule has 2 saturated heterocycles. The van der Waals surface area contributed by atoms with Gasteiger partial charge in [-0.2, -0.15) is 0 Å². The van der Waals surface area contributed by atoms with Gasteiger partial charge >= 0.3 is 5.97 Å². The number of carbonyl (C=O) groups excluding carboxylic acids is 2. The smallest absolute Gasteiger partial charge is 0.338 e. The minimum Gasteiger partial charge on any atom is -0.462 e. The normalized spacial score (nSPS) is 24.8. The van der Waals surface area contributed by atoms with Crippen LogP contribution < -0.4 is 10.6 Å². The van der Waals surface area contributed by atoms with Crippen molar-refractivity contribution in [1.29, 1.82) is 0 Å². The first-order valence-corrected chi connectivity index (χ1v) is 8.47. The van der Waals surface area contributed by atoms with Crippen LogP contribution in [0, 0.1) is 5.92 Å². The second-order valence-corrected chi connectivity index (χ2v) is 6.53. The topological polar surface area (TPSA) is 67.4 Å². The van der Waals surface area contributed by atoms with Crippen LogP contribution >= 0.6 is 12.4 Å². The van der Waals surface area contributed by atoms with E-state index in [4.69, 9.17) is 4.74 Å². The summed E-state index contributed by atoms with van der Waals surface area (Å²) in [5.74, 6) is 0.123. The van der Waals surface area contributed by atoms with Crippen molar-refractivity contribution >= 4 is 30.0 Å². The molecule has 2 bridgehead atoms. The van der Waals surface area contributed by atoms with Gasteiger partial charge in [-0.3, -0.25) is 4.79 Å². The van der Waals surface area contributed by atoms with Gasteiger partial charge in [0.25, 0.3) is 0 Å². The van der Waals surface area contributed by atoms with Crippen molar-refractivity contribution in [1.82, 2.24) is 5.32 Å². The zero-order valence-electron chi connectivity index (χ0n) is 13.9. The second kappa shape index (κ2) is 8.49. The van der Waals surface area contributed by atoms with Crippen LogP contribution in [0.5, 0.6) is 0 Å². The number of anilines is 1. The van der Waals surface area contributed by atoms with Crippen LogP contribution in [-0.4, -0.2) is 30.6 Å². The lowest BCUT2D eigenvalue weighted by Crippen LogP contribution is -2.39. The Morgan fingerprint density at radius 2 is 1.96 bits per heavy atom. The van der Waals surface area contributed by atoms with E-state index < -0.39 is 0 Å². The molecule has 0 saturated carbocycles. The summed E-state index contributed by atoms with van der Waals surface area (Å²) in [4.78, 5) is 24.0. The van der Waals surface area contributed by atoms with Gasteiger partial charge in [0.05, 0.1) is 12.2 Å². The number of carbonyl (C=O) groups is 2. The Hall–Kier alpha value is -1.59. The van der Waals surface area contributed by atoms with Crippen molar-refractivity contribution in [2.75, 3.05) is 11.9 Å². The van der Waals surface area contributed by atoms with Gasteiger partial charge in [-0.25, -0.2) is 4.79 Å². The minimum absolute atomic E-state index is 0. The summed E-state index contributed by atoms with van der Waals surface area (Å²) in [5.41, 5.74) is 1.11. The van der Waals surface area contributed by atoms with Crippen LogP contribution in [-0.2, 0) is 9.53 Å². The van der Waals surface area contributed by atoms with Gasteiger partial charge in [0.15, 0.2) is 0 Å². The predicted molar refractivity (Wildman–Crippen MR) is 95.6 cm³/mol. The summed E-state index contributed by atoms with van der Waals surface area (Å²) in [6.45, 7) is 2.11. The first-order valence-electron chi connectivity index (χ1n) is 8.47. The van der Waals surface area contributed by atoms with E-state index in [9.17, 15) is 9.59 Å². The van der Waals surface area contributed by atoms with E-state index in [0.29, 0.717) is 42.3 Å². The highest BCUT2D eigenvalue weighted by molar-refractivity contribution is 5.94. The fourth-order valence-corrected chi connectivity index (χ4v) is 3.75. The molecule has 2 fully saturated rings. The summed E-state index contributed by atoms with van der Waals surface area (Å²) < 4.78 is 4.98. The van der Waals surface area contributed by atoms with Gasteiger partial charge < -0.3 is 15.4 Å².